The van der Waals surface area contributed by atoms with Crippen LogP contribution in [0.5, 0.6) is 0 Å². The van der Waals surface area contributed by atoms with E-state index in [2.05, 4.69) is 5.43 Å². The predicted octanol–water partition coefficient (Wildman–Crippen LogP) is 1.36. The second-order valence-corrected chi connectivity index (χ2v) is 7.80. The Balaban J connectivity index is 2.34. The molecule has 0 aromatic carbocycles. The number of hydrazine groups is 1. The molecule has 2 rings (SSSR count). The fraction of sp³-hybridized carbons (Fsp3) is 0.600. The van der Waals surface area contributed by atoms with Crippen molar-refractivity contribution >= 4 is 32.0 Å². The van der Waals surface area contributed by atoms with Crippen LogP contribution in [0.25, 0.3) is 0 Å². The molecule has 1 aliphatic carbocycles. The zero-order chi connectivity index (χ0) is 14.9. The van der Waals surface area contributed by atoms with Crippen LogP contribution in [0, 0.1) is 16.0 Å². The summed E-state index contributed by atoms with van der Waals surface area (Å²) in [5.74, 6) is 5.60. The third kappa shape index (κ3) is 2.92. The summed E-state index contributed by atoms with van der Waals surface area (Å²) in [6, 6.07) is 1.06. The summed E-state index contributed by atoms with van der Waals surface area (Å²) in [5.41, 5.74) is 1.85. The average Bonchev–Trinajstić information content (AvgIpc) is 3.10. The van der Waals surface area contributed by atoms with Crippen molar-refractivity contribution in [2.45, 2.75) is 24.0 Å². The Bertz CT molecular complexity index is 609. The van der Waals surface area contributed by atoms with Crippen molar-refractivity contribution in [1.29, 1.82) is 0 Å². The lowest BCUT2D eigenvalue weighted by Crippen LogP contribution is -2.32. The summed E-state index contributed by atoms with van der Waals surface area (Å²) >= 11 is 0.779. The second kappa shape index (κ2) is 5.64. The number of thiophene rings is 1. The maximum atomic E-state index is 12.5. The van der Waals surface area contributed by atoms with E-state index in [9.17, 15) is 18.5 Å². The van der Waals surface area contributed by atoms with E-state index >= 15 is 0 Å². The lowest BCUT2D eigenvalue weighted by atomic mass is 10.4. The van der Waals surface area contributed by atoms with E-state index in [4.69, 9.17) is 5.84 Å². The van der Waals surface area contributed by atoms with Crippen LogP contribution in [-0.4, -0.2) is 30.7 Å². The quantitative estimate of drug-likeness (QED) is 0.445. The van der Waals surface area contributed by atoms with Crippen LogP contribution >= 0.6 is 11.3 Å². The van der Waals surface area contributed by atoms with Crippen LogP contribution in [0.4, 0.5) is 10.7 Å². The van der Waals surface area contributed by atoms with E-state index in [-0.39, 0.29) is 14.9 Å². The molecular weight excluding hydrogens is 304 g/mol. The van der Waals surface area contributed by atoms with Gasteiger partial charge in [-0.2, -0.15) is 4.31 Å². The van der Waals surface area contributed by atoms with E-state index in [1.807, 2.05) is 0 Å². The lowest BCUT2D eigenvalue weighted by molar-refractivity contribution is -0.383. The van der Waals surface area contributed by atoms with Crippen molar-refractivity contribution in [3.63, 3.8) is 0 Å². The molecule has 20 heavy (non-hydrogen) atoms. The predicted molar refractivity (Wildman–Crippen MR) is 75.9 cm³/mol. The topological polar surface area (TPSA) is 119 Å². The molecule has 0 amide bonds. The molecule has 10 heteroatoms. The van der Waals surface area contributed by atoms with Gasteiger partial charge < -0.3 is 5.43 Å². The summed E-state index contributed by atoms with van der Waals surface area (Å²) in [6.07, 6.45) is 2.07. The number of nitrogens with zero attached hydrogens (tertiary/aromatic N) is 2. The first-order valence-corrected chi connectivity index (χ1v) is 8.40. The lowest BCUT2D eigenvalue weighted by Gasteiger charge is -2.18. The highest BCUT2D eigenvalue weighted by atomic mass is 32.2. The number of nitrogen functional groups attached to an aromatic ring is 1. The fourth-order valence-corrected chi connectivity index (χ4v) is 4.76. The number of sulfonamides is 1. The Morgan fingerprint density at radius 1 is 1.60 bits per heavy atom. The third-order valence-electron chi connectivity index (χ3n) is 3.12. The van der Waals surface area contributed by atoms with Crippen molar-refractivity contribution in [2.24, 2.45) is 11.8 Å². The highest BCUT2D eigenvalue weighted by Gasteiger charge is 2.33. The van der Waals surface area contributed by atoms with Crippen LogP contribution in [0.15, 0.2) is 10.3 Å². The summed E-state index contributed by atoms with van der Waals surface area (Å²) in [4.78, 5) is 10.2. The van der Waals surface area contributed by atoms with Gasteiger partial charge in [0.2, 0.25) is 0 Å². The molecule has 112 valence electrons. The molecule has 1 heterocycles. The Morgan fingerprint density at radius 2 is 2.25 bits per heavy atom. The largest absolute Gasteiger partial charge is 0.310 e. The Morgan fingerprint density at radius 3 is 2.65 bits per heavy atom. The molecule has 0 spiro atoms. The monoisotopic (exact) mass is 320 g/mol. The first-order valence-electron chi connectivity index (χ1n) is 6.15. The third-order valence-corrected chi connectivity index (χ3v) is 6.57. The molecule has 1 aromatic rings. The van der Waals surface area contributed by atoms with Crippen LogP contribution < -0.4 is 11.3 Å². The molecule has 0 unspecified atom stereocenters. The molecule has 0 bridgehead atoms. The molecule has 1 saturated carbocycles. The molecule has 1 fully saturated rings. The number of nitro groups is 1. The van der Waals surface area contributed by atoms with Crippen LogP contribution in [0.1, 0.15) is 19.8 Å². The van der Waals surface area contributed by atoms with Gasteiger partial charge in [-0.3, -0.25) is 10.1 Å². The Labute approximate surface area is 120 Å². The highest BCUT2D eigenvalue weighted by molar-refractivity contribution is 7.91. The van der Waals surface area contributed by atoms with Gasteiger partial charge in [-0.05, 0) is 18.8 Å². The van der Waals surface area contributed by atoms with Crippen molar-refractivity contribution in [1.82, 2.24) is 4.31 Å². The van der Waals surface area contributed by atoms with E-state index in [0.29, 0.717) is 19.0 Å². The van der Waals surface area contributed by atoms with Crippen LogP contribution in [-0.2, 0) is 10.0 Å². The molecule has 8 nitrogen and oxygen atoms in total. The van der Waals surface area contributed by atoms with Gasteiger partial charge in [0.1, 0.15) is 4.21 Å². The van der Waals surface area contributed by atoms with E-state index in [1.54, 1.807) is 6.92 Å². The first kappa shape index (κ1) is 15.2. The SMILES string of the molecule is CCN(CC1CC1)S(=O)(=O)c1cc([N+](=O)[O-])c(NN)s1. The van der Waals surface area contributed by atoms with Crippen molar-refractivity contribution in [3.8, 4) is 0 Å². The minimum atomic E-state index is -3.70. The minimum absolute atomic E-state index is 0.0380. The molecule has 0 radical (unpaired) electrons. The average molecular weight is 320 g/mol. The van der Waals surface area contributed by atoms with Gasteiger partial charge in [-0.25, -0.2) is 14.3 Å². The number of nitrogens with two attached hydrogens (primary N) is 1. The van der Waals surface area contributed by atoms with Gasteiger partial charge in [-0.1, -0.05) is 18.3 Å². The molecule has 3 N–H and O–H groups in total. The molecule has 1 aromatic heterocycles. The van der Waals surface area contributed by atoms with Gasteiger partial charge in [0.05, 0.1) is 4.92 Å². The Kier molecular flexibility index (Phi) is 4.28. The zero-order valence-corrected chi connectivity index (χ0v) is 12.5. The summed E-state index contributed by atoms with van der Waals surface area (Å²) in [5, 5.41) is 10.9. The second-order valence-electron chi connectivity index (χ2n) is 4.58. The normalized spacial score (nSPS) is 15.6. The number of anilines is 1. The van der Waals surface area contributed by atoms with E-state index in [1.165, 1.54) is 4.31 Å². The molecule has 0 atom stereocenters. The van der Waals surface area contributed by atoms with E-state index < -0.39 is 14.9 Å². The van der Waals surface area contributed by atoms with Gasteiger partial charge >= 0.3 is 5.69 Å². The number of rotatable bonds is 7. The number of hydrogen-bond acceptors (Lipinski definition) is 7. The highest BCUT2D eigenvalue weighted by Crippen LogP contribution is 2.38. The summed E-state index contributed by atoms with van der Waals surface area (Å²) < 4.78 is 26.3. The maximum absolute atomic E-state index is 12.5. The first-order chi connectivity index (χ1) is 9.40. The van der Waals surface area contributed by atoms with Gasteiger partial charge in [0.25, 0.3) is 10.0 Å². The summed E-state index contributed by atoms with van der Waals surface area (Å²) in [6.45, 7) is 2.57. The smallest absolute Gasteiger partial charge is 0.306 e. The zero-order valence-electron chi connectivity index (χ0n) is 10.9. The number of hydrogen-bond donors (Lipinski definition) is 2. The number of nitrogens with one attached hydrogen (secondary N) is 1. The fourth-order valence-electron chi connectivity index (χ4n) is 1.84. The van der Waals surface area contributed by atoms with Crippen LogP contribution in [0.3, 0.4) is 0 Å². The van der Waals surface area contributed by atoms with Crippen molar-refractivity contribution in [2.75, 3.05) is 18.5 Å². The van der Waals surface area contributed by atoms with E-state index in [0.717, 1.165) is 30.2 Å². The molecular formula is C10H16N4O4S2. The standard InChI is InChI=1S/C10H16N4O4S2/c1-2-13(6-7-3-4-7)20(17,18)9-5-8(14(15)16)10(12-11)19-9/h5,7,12H,2-4,6,11H2,1H3. The van der Waals surface area contributed by atoms with Crippen molar-refractivity contribution in [3.05, 3.63) is 16.2 Å². The molecule has 0 aliphatic heterocycles. The molecule has 0 saturated heterocycles. The van der Waals surface area contributed by atoms with Crippen LogP contribution in [0.2, 0.25) is 0 Å². The maximum Gasteiger partial charge on any atom is 0.306 e. The van der Waals surface area contributed by atoms with Gasteiger partial charge in [-0.15, -0.1) is 0 Å². The van der Waals surface area contributed by atoms with Gasteiger partial charge in [0, 0.05) is 19.2 Å². The van der Waals surface area contributed by atoms with Gasteiger partial charge in [0.15, 0.2) is 5.00 Å². The molecule has 1 aliphatic rings. The summed E-state index contributed by atoms with van der Waals surface area (Å²) in [7, 11) is -3.70. The minimum Gasteiger partial charge on any atom is -0.310 e. The Hall–Kier alpha value is -1.23. The van der Waals surface area contributed by atoms with Crippen molar-refractivity contribution < 1.29 is 13.3 Å².